The first-order chi connectivity index (χ1) is 14.6. The lowest BCUT2D eigenvalue weighted by Crippen LogP contribution is -2.30. The predicted molar refractivity (Wildman–Crippen MR) is 108 cm³/mol. The van der Waals surface area contributed by atoms with Gasteiger partial charge in [-0.3, -0.25) is 4.79 Å². The number of nitrogens with zero attached hydrogens (tertiary/aromatic N) is 1. The van der Waals surface area contributed by atoms with Crippen molar-refractivity contribution >= 4 is 17.3 Å². The van der Waals surface area contributed by atoms with E-state index in [1.807, 2.05) is 0 Å². The first-order valence-corrected chi connectivity index (χ1v) is 10.3. The van der Waals surface area contributed by atoms with Crippen molar-refractivity contribution in [1.29, 1.82) is 0 Å². The van der Waals surface area contributed by atoms with E-state index in [0.29, 0.717) is 37.6 Å². The molecule has 1 aromatic carbocycles. The minimum absolute atomic E-state index is 0.0292. The van der Waals surface area contributed by atoms with E-state index in [4.69, 9.17) is 9.15 Å². The molecule has 9 heteroatoms. The molecule has 0 spiro atoms. The number of anilines is 2. The van der Waals surface area contributed by atoms with Gasteiger partial charge in [0.05, 0.1) is 22.5 Å². The highest BCUT2D eigenvalue weighted by Crippen LogP contribution is 2.38. The van der Waals surface area contributed by atoms with E-state index < -0.39 is 23.2 Å². The van der Waals surface area contributed by atoms with Gasteiger partial charge in [0.25, 0.3) is 5.91 Å². The van der Waals surface area contributed by atoms with Gasteiger partial charge in [0, 0.05) is 32.2 Å². The van der Waals surface area contributed by atoms with E-state index in [1.165, 1.54) is 12.1 Å². The Bertz CT molecular complexity index is 948. The predicted octanol–water partition coefficient (Wildman–Crippen LogP) is 4.41. The molecule has 2 aliphatic rings. The molecule has 2 aromatic rings. The number of rotatable bonds is 4. The van der Waals surface area contributed by atoms with Crippen LogP contribution >= 0.6 is 0 Å². The van der Waals surface area contributed by atoms with Gasteiger partial charge < -0.3 is 24.5 Å². The molecule has 0 radical (unpaired) electrons. The summed E-state index contributed by atoms with van der Waals surface area (Å²) in [5, 5.41) is 12.8. The van der Waals surface area contributed by atoms with Crippen molar-refractivity contribution in [2.45, 2.75) is 43.9 Å². The largest absolute Gasteiger partial charge is 0.456 e. The molecule has 2 N–H and O–H groups in total. The molecular formula is C22H25F3N2O4. The van der Waals surface area contributed by atoms with E-state index in [-0.39, 0.29) is 23.9 Å². The molecule has 2 fully saturated rings. The SMILES string of the molecule is C[C@]1(O)CCN(c2ccc(C(F)(F)F)cc2NC(=O)c2ccc(C3CCOCC3)o2)C1. The van der Waals surface area contributed by atoms with Crippen LogP contribution in [-0.4, -0.2) is 42.9 Å². The van der Waals surface area contributed by atoms with Gasteiger partial charge in [-0.15, -0.1) is 0 Å². The topological polar surface area (TPSA) is 74.9 Å². The zero-order chi connectivity index (χ0) is 22.2. The van der Waals surface area contributed by atoms with Crippen LogP contribution in [0.1, 0.15) is 54.0 Å². The van der Waals surface area contributed by atoms with Crippen LogP contribution in [0, 0.1) is 0 Å². The number of aliphatic hydroxyl groups is 1. The van der Waals surface area contributed by atoms with Crippen LogP contribution in [0.25, 0.3) is 0 Å². The Kier molecular flexibility index (Phi) is 5.74. The zero-order valence-electron chi connectivity index (χ0n) is 17.2. The molecule has 4 rings (SSSR count). The summed E-state index contributed by atoms with van der Waals surface area (Å²) in [5.74, 6) is 0.252. The third-order valence-corrected chi connectivity index (χ3v) is 5.84. The number of furan rings is 1. The number of hydrogen-bond acceptors (Lipinski definition) is 5. The smallest absolute Gasteiger partial charge is 0.416 e. The van der Waals surface area contributed by atoms with Crippen LogP contribution in [0.4, 0.5) is 24.5 Å². The molecule has 6 nitrogen and oxygen atoms in total. The Morgan fingerprint density at radius 3 is 2.61 bits per heavy atom. The second kappa shape index (κ2) is 8.20. The standard InChI is InChI=1S/C22H25F3N2O4/c1-21(29)8-9-27(13-21)17-3-2-15(22(23,24)25)12-16(17)26-20(28)19-5-4-18(31-19)14-6-10-30-11-7-14/h2-5,12,14,29H,6-11,13H2,1H3,(H,26,28)/t21-/m0/s1. The average molecular weight is 438 g/mol. The fourth-order valence-corrected chi connectivity index (χ4v) is 4.10. The van der Waals surface area contributed by atoms with Gasteiger partial charge in [-0.05, 0) is 56.5 Å². The molecule has 1 atom stereocenters. The third-order valence-electron chi connectivity index (χ3n) is 5.84. The van der Waals surface area contributed by atoms with Crippen molar-refractivity contribution in [2.75, 3.05) is 36.5 Å². The summed E-state index contributed by atoms with van der Waals surface area (Å²) < 4.78 is 50.9. The van der Waals surface area contributed by atoms with Gasteiger partial charge in [-0.25, -0.2) is 0 Å². The van der Waals surface area contributed by atoms with Crippen LogP contribution in [0.2, 0.25) is 0 Å². The molecule has 0 saturated carbocycles. The van der Waals surface area contributed by atoms with E-state index in [1.54, 1.807) is 17.9 Å². The highest BCUT2D eigenvalue weighted by Gasteiger charge is 2.35. The van der Waals surface area contributed by atoms with Gasteiger partial charge in [0.2, 0.25) is 0 Å². The second-order valence-corrected chi connectivity index (χ2v) is 8.44. The van der Waals surface area contributed by atoms with E-state index in [2.05, 4.69) is 5.32 Å². The van der Waals surface area contributed by atoms with Crippen molar-refractivity contribution in [1.82, 2.24) is 0 Å². The number of carbonyl (C=O) groups is 1. The fraction of sp³-hybridized carbons (Fsp3) is 0.500. The quantitative estimate of drug-likeness (QED) is 0.740. The van der Waals surface area contributed by atoms with Crippen LogP contribution in [0.5, 0.6) is 0 Å². The number of amides is 1. The first kappa shape index (κ1) is 21.7. The first-order valence-electron chi connectivity index (χ1n) is 10.3. The highest BCUT2D eigenvalue weighted by molar-refractivity contribution is 6.04. The van der Waals surface area contributed by atoms with E-state index >= 15 is 0 Å². The number of β-amino-alcohol motifs (C(OH)–C–C–N with tert-alkyl or cyclic N) is 1. The molecule has 1 amide bonds. The summed E-state index contributed by atoms with van der Waals surface area (Å²) >= 11 is 0. The maximum Gasteiger partial charge on any atom is 0.416 e. The molecular weight excluding hydrogens is 413 g/mol. The normalized spacial score (nSPS) is 22.7. The molecule has 2 saturated heterocycles. The summed E-state index contributed by atoms with van der Waals surface area (Å²) in [5.41, 5.74) is -1.35. The number of nitrogens with one attached hydrogen (secondary N) is 1. The molecule has 2 aliphatic heterocycles. The minimum atomic E-state index is -4.55. The van der Waals surface area contributed by atoms with Gasteiger partial charge in [-0.1, -0.05) is 0 Å². The molecule has 0 aliphatic carbocycles. The molecule has 168 valence electrons. The summed E-state index contributed by atoms with van der Waals surface area (Å²) in [7, 11) is 0. The Balaban J connectivity index is 1.58. The van der Waals surface area contributed by atoms with Crippen molar-refractivity contribution in [2.24, 2.45) is 0 Å². The molecule has 31 heavy (non-hydrogen) atoms. The summed E-state index contributed by atoms with van der Waals surface area (Å²) in [6.07, 6.45) is -2.48. The number of benzene rings is 1. The van der Waals surface area contributed by atoms with E-state index in [9.17, 15) is 23.1 Å². The van der Waals surface area contributed by atoms with Crippen molar-refractivity contribution < 1.29 is 32.2 Å². The van der Waals surface area contributed by atoms with Crippen LogP contribution in [0.15, 0.2) is 34.7 Å². The lowest BCUT2D eigenvalue weighted by atomic mass is 9.98. The second-order valence-electron chi connectivity index (χ2n) is 8.44. The summed E-state index contributed by atoms with van der Waals surface area (Å²) in [6.45, 7) is 3.65. The third kappa shape index (κ3) is 4.88. The van der Waals surface area contributed by atoms with Crippen molar-refractivity contribution in [3.63, 3.8) is 0 Å². The molecule has 1 aromatic heterocycles. The van der Waals surface area contributed by atoms with E-state index in [0.717, 1.165) is 25.0 Å². The Morgan fingerprint density at radius 2 is 1.97 bits per heavy atom. The molecule has 3 heterocycles. The van der Waals surface area contributed by atoms with Gasteiger partial charge in [-0.2, -0.15) is 13.2 Å². The number of halogens is 3. The Morgan fingerprint density at radius 1 is 1.23 bits per heavy atom. The number of hydrogen-bond donors (Lipinski definition) is 2. The molecule has 0 unspecified atom stereocenters. The zero-order valence-corrected chi connectivity index (χ0v) is 17.2. The highest BCUT2D eigenvalue weighted by atomic mass is 19.4. The average Bonchev–Trinajstić information content (AvgIpc) is 3.35. The number of carbonyl (C=O) groups excluding carboxylic acids is 1. The monoisotopic (exact) mass is 438 g/mol. The summed E-state index contributed by atoms with van der Waals surface area (Å²) in [4.78, 5) is 14.6. The van der Waals surface area contributed by atoms with Gasteiger partial charge >= 0.3 is 6.18 Å². The number of alkyl halides is 3. The fourth-order valence-electron chi connectivity index (χ4n) is 4.10. The maximum atomic E-state index is 13.3. The molecule has 0 bridgehead atoms. The Hall–Kier alpha value is -2.52. The lowest BCUT2D eigenvalue weighted by molar-refractivity contribution is -0.137. The maximum absolute atomic E-state index is 13.3. The van der Waals surface area contributed by atoms with Gasteiger partial charge in [0.1, 0.15) is 5.76 Å². The van der Waals surface area contributed by atoms with Crippen LogP contribution in [0.3, 0.4) is 0 Å². The Labute approximate surface area is 178 Å². The van der Waals surface area contributed by atoms with Crippen LogP contribution in [-0.2, 0) is 10.9 Å². The minimum Gasteiger partial charge on any atom is -0.456 e. The number of ether oxygens (including phenoxy) is 1. The van der Waals surface area contributed by atoms with Crippen molar-refractivity contribution in [3.8, 4) is 0 Å². The van der Waals surface area contributed by atoms with Gasteiger partial charge in [0.15, 0.2) is 5.76 Å². The van der Waals surface area contributed by atoms with Crippen molar-refractivity contribution in [3.05, 3.63) is 47.4 Å². The van der Waals surface area contributed by atoms with Crippen LogP contribution < -0.4 is 10.2 Å². The lowest BCUT2D eigenvalue weighted by Gasteiger charge is -2.24. The summed E-state index contributed by atoms with van der Waals surface area (Å²) in [6, 6.07) is 6.50.